The molecule has 8 heteroatoms. The number of esters is 1. The molecular formula is C17H21BrFN3O3. The van der Waals surface area contributed by atoms with Crippen molar-refractivity contribution in [3.8, 4) is 0 Å². The predicted molar refractivity (Wildman–Crippen MR) is 92.7 cm³/mol. The smallest absolute Gasteiger partial charge is 0.311 e. The summed E-state index contributed by atoms with van der Waals surface area (Å²) in [6.07, 6.45) is 3.96. The van der Waals surface area contributed by atoms with E-state index in [9.17, 15) is 14.0 Å². The fourth-order valence-electron chi connectivity index (χ4n) is 4.14. The zero-order chi connectivity index (χ0) is 18.1. The first kappa shape index (κ1) is 18.2. The minimum absolute atomic E-state index is 0.0427. The molecule has 0 aliphatic heterocycles. The summed E-state index contributed by atoms with van der Waals surface area (Å²) in [5.74, 6) is -1.36. The van der Waals surface area contributed by atoms with Gasteiger partial charge in [-0.25, -0.2) is 14.4 Å². The van der Waals surface area contributed by atoms with Crippen LogP contribution in [0.1, 0.15) is 50.0 Å². The van der Waals surface area contributed by atoms with Crippen molar-refractivity contribution in [2.45, 2.75) is 45.6 Å². The Hall–Kier alpha value is -1.57. The molecule has 0 saturated heterocycles. The van der Waals surface area contributed by atoms with Crippen molar-refractivity contribution in [3.05, 3.63) is 16.2 Å². The molecule has 2 atom stereocenters. The minimum atomic E-state index is -0.778. The van der Waals surface area contributed by atoms with Crippen LogP contribution in [-0.2, 0) is 9.53 Å². The number of rotatable bonds is 5. The van der Waals surface area contributed by atoms with E-state index in [1.807, 2.05) is 0 Å². The molecule has 3 aliphatic rings. The number of nitrogens with zero attached hydrogens (tertiary/aromatic N) is 2. The number of ketones is 1. The van der Waals surface area contributed by atoms with E-state index < -0.39 is 11.6 Å². The lowest BCUT2D eigenvalue weighted by molar-refractivity contribution is -0.154. The molecule has 0 radical (unpaired) electrons. The average Bonchev–Trinajstić information content (AvgIpc) is 2.58. The first-order valence-corrected chi connectivity index (χ1v) is 9.38. The van der Waals surface area contributed by atoms with Crippen molar-refractivity contribution in [1.29, 1.82) is 0 Å². The fraction of sp³-hybridized carbons (Fsp3) is 0.647. The van der Waals surface area contributed by atoms with Gasteiger partial charge in [0.05, 0.1) is 12.5 Å². The summed E-state index contributed by atoms with van der Waals surface area (Å²) in [6, 6.07) is -0.248. The molecule has 3 fully saturated rings. The van der Waals surface area contributed by atoms with Gasteiger partial charge >= 0.3 is 5.97 Å². The lowest BCUT2D eigenvalue weighted by atomic mass is 9.61. The second kappa shape index (κ2) is 7.35. The van der Waals surface area contributed by atoms with E-state index in [1.54, 1.807) is 6.92 Å². The van der Waals surface area contributed by atoms with E-state index in [-0.39, 0.29) is 46.0 Å². The SMILES string of the molecule is CCOC(=O)[C@H]1C2CCC(CC2)[C@@H]1Nc1nc(Br)nc(C(C)=O)c1F. The Morgan fingerprint density at radius 2 is 1.88 bits per heavy atom. The molecule has 1 aromatic heterocycles. The van der Waals surface area contributed by atoms with Crippen LogP contribution in [0.15, 0.2) is 4.73 Å². The number of halogens is 2. The standard InChI is InChI=1S/C17H21BrFN3O3/c1-3-25-16(24)11-9-4-6-10(7-5-9)14(11)20-15-12(19)13(8(2)23)21-17(18)22-15/h9-11,14H,3-7H2,1-2H3,(H,20,21,22)/t9?,10?,11-,14-/m0/s1. The third kappa shape index (κ3) is 3.54. The number of carbonyl (C=O) groups is 2. The van der Waals surface area contributed by atoms with Gasteiger partial charge in [-0.1, -0.05) is 0 Å². The number of hydrogen-bond acceptors (Lipinski definition) is 6. The van der Waals surface area contributed by atoms with Crippen LogP contribution in [0, 0.1) is 23.6 Å². The molecule has 3 aliphatic carbocycles. The highest BCUT2D eigenvalue weighted by molar-refractivity contribution is 9.10. The number of aromatic nitrogens is 2. The Morgan fingerprint density at radius 1 is 1.24 bits per heavy atom. The summed E-state index contributed by atoms with van der Waals surface area (Å²) in [7, 11) is 0. The van der Waals surface area contributed by atoms with Crippen molar-refractivity contribution >= 4 is 33.5 Å². The Morgan fingerprint density at radius 3 is 2.48 bits per heavy atom. The van der Waals surface area contributed by atoms with E-state index in [4.69, 9.17) is 4.74 Å². The van der Waals surface area contributed by atoms with E-state index in [0.717, 1.165) is 25.7 Å². The Labute approximate surface area is 154 Å². The highest BCUT2D eigenvalue weighted by Gasteiger charge is 2.48. The third-order valence-electron chi connectivity index (χ3n) is 5.24. The van der Waals surface area contributed by atoms with Gasteiger partial charge in [-0.3, -0.25) is 9.59 Å². The van der Waals surface area contributed by atoms with Crippen LogP contribution in [-0.4, -0.2) is 34.4 Å². The molecule has 3 saturated carbocycles. The summed E-state index contributed by atoms with van der Waals surface area (Å²) >= 11 is 3.12. The van der Waals surface area contributed by atoms with Crippen molar-refractivity contribution in [2.75, 3.05) is 11.9 Å². The number of ether oxygens (including phenoxy) is 1. The molecule has 0 spiro atoms. The van der Waals surface area contributed by atoms with Crippen LogP contribution in [0.2, 0.25) is 0 Å². The second-order valence-corrected chi connectivity index (χ2v) is 7.39. The lowest BCUT2D eigenvalue weighted by Crippen LogP contribution is -2.52. The molecule has 0 unspecified atom stereocenters. The number of hydrogen-bond donors (Lipinski definition) is 1. The number of anilines is 1. The molecule has 0 amide bonds. The van der Waals surface area contributed by atoms with Gasteiger partial charge in [0.25, 0.3) is 0 Å². The van der Waals surface area contributed by atoms with E-state index in [2.05, 4.69) is 31.2 Å². The van der Waals surface area contributed by atoms with Crippen molar-refractivity contribution in [3.63, 3.8) is 0 Å². The normalized spacial score (nSPS) is 27.8. The molecule has 4 rings (SSSR count). The number of Topliss-reactive ketones (excluding diaryl/α,β-unsaturated/α-hetero) is 1. The lowest BCUT2D eigenvalue weighted by Gasteiger charge is -2.47. The topological polar surface area (TPSA) is 81.2 Å². The Kier molecular flexibility index (Phi) is 5.36. The Bertz CT molecular complexity index is 692. The van der Waals surface area contributed by atoms with Crippen molar-refractivity contribution < 1.29 is 18.7 Å². The van der Waals surface area contributed by atoms with Crippen LogP contribution in [0.5, 0.6) is 0 Å². The zero-order valence-electron chi connectivity index (χ0n) is 14.2. The summed E-state index contributed by atoms with van der Waals surface area (Å²) in [5.41, 5.74) is -0.266. The van der Waals surface area contributed by atoms with Gasteiger partial charge in [0.2, 0.25) is 0 Å². The maximum absolute atomic E-state index is 14.6. The van der Waals surface area contributed by atoms with Gasteiger partial charge in [0.15, 0.2) is 22.2 Å². The molecule has 1 heterocycles. The fourth-order valence-corrected chi connectivity index (χ4v) is 4.50. The quantitative estimate of drug-likeness (QED) is 0.452. The number of nitrogens with one attached hydrogen (secondary N) is 1. The monoisotopic (exact) mass is 413 g/mol. The molecule has 0 aromatic carbocycles. The van der Waals surface area contributed by atoms with Gasteiger partial charge in [-0.05, 0) is 60.4 Å². The number of fused-ring (bicyclic) bond motifs is 3. The average molecular weight is 414 g/mol. The molecule has 2 bridgehead atoms. The highest BCUT2D eigenvalue weighted by atomic mass is 79.9. The van der Waals surface area contributed by atoms with Gasteiger partial charge in [-0.15, -0.1) is 0 Å². The predicted octanol–water partition coefficient (Wildman–Crippen LogP) is 3.36. The molecule has 6 nitrogen and oxygen atoms in total. The van der Waals surface area contributed by atoms with E-state index >= 15 is 0 Å². The molecule has 136 valence electrons. The summed E-state index contributed by atoms with van der Waals surface area (Å²) in [6.45, 7) is 3.36. The minimum Gasteiger partial charge on any atom is -0.466 e. The van der Waals surface area contributed by atoms with Crippen molar-refractivity contribution in [2.24, 2.45) is 17.8 Å². The van der Waals surface area contributed by atoms with Crippen molar-refractivity contribution in [1.82, 2.24) is 9.97 Å². The summed E-state index contributed by atoms with van der Waals surface area (Å²) in [5, 5.41) is 3.10. The first-order valence-electron chi connectivity index (χ1n) is 8.59. The summed E-state index contributed by atoms with van der Waals surface area (Å²) in [4.78, 5) is 31.9. The number of carbonyl (C=O) groups excluding carboxylic acids is 2. The van der Waals surface area contributed by atoms with Gasteiger partial charge < -0.3 is 10.1 Å². The van der Waals surface area contributed by atoms with Crippen LogP contribution >= 0.6 is 15.9 Å². The summed E-state index contributed by atoms with van der Waals surface area (Å²) < 4.78 is 20.0. The maximum Gasteiger partial charge on any atom is 0.311 e. The van der Waals surface area contributed by atoms with Gasteiger partial charge in [-0.2, -0.15) is 0 Å². The van der Waals surface area contributed by atoms with Crippen LogP contribution in [0.4, 0.5) is 10.2 Å². The Balaban J connectivity index is 1.92. The first-order chi connectivity index (χ1) is 11.9. The largest absolute Gasteiger partial charge is 0.466 e. The van der Waals surface area contributed by atoms with Gasteiger partial charge in [0.1, 0.15) is 5.69 Å². The van der Waals surface area contributed by atoms with Crippen LogP contribution in [0.3, 0.4) is 0 Å². The molecular weight excluding hydrogens is 393 g/mol. The zero-order valence-corrected chi connectivity index (χ0v) is 15.8. The highest BCUT2D eigenvalue weighted by Crippen LogP contribution is 2.46. The van der Waals surface area contributed by atoms with E-state index in [1.165, 1.54) is 6.92 Å². The maximum atomic E-state index is 14.6. The second-order valence-electron chi connectivity index (χ2n) is 6.68. The van der Waals surface area contributed by atoms with E-state index in [0.29, 0.717) is 6.61 Å². The molecule has 25 heavy (non-hydrogen) atoms. The van der Waals surface area contributed by atoms with Crippen LogP contribution < -0.4 is 5.32 Å². The molecule has 1 N–H and O–H groups in total. The molecule has 1 aromatic rings. The third-order valence-corrected chi connectivity index (χ3v) is 5.59. The van der Waals surface area contributed by atoms with Crippen LogP contribution in [0.25, 0.3) is 0 Å². The van der Waals surface area contributed by atoms with Gasteiger partial charge in [0, 0.05) is 13.0 Å².